The Morgan fingerprint density at radius 2 is 1.20 bits per heavy atom. The number of carboxylic acids is 3. The van der Waals surface area contributed by atoms with E-state index in [2.05, 4.69) is 31.9 Å². The maximum atomic E-state index is 14.1. The molecule has 9 atom stereocenters. The second-order valence-corrected chi connectivity index (χ2v) is 20.2. The summed E-state index contributed by atoms with van der Waals surface area (Å²) in [6.45, 7) is 6.15. The summed E-state index contributed by atoms with van der Waals surface area (Å²) in [5.74, 6) is -12.9. The number of hydrogen-bond acceptors (Lipinski definition) is 14. The fourth-order valence-electron chi connectivity index (χ4n) is 7.15. The maximum absolute atomic E-state index is 14.1. The molecule has 0 saturated carbocycles. The molecule has 27 heteroatoms. The molecule has 1 aliphatic heterocycles. The van der Waals surface area contributed by atoms with E-state index in [4.69, 9.17) is 21.7 Å². The van der Waals surface area contributed by atoms with Gasteiger partial charge < -0.3 is 73.6 Å². The van der Waals surface area contributed by atoms with Gasteiger partial charge in [0.2, 0.25) is 54.6 Å². The Balaban J connectivity index is 2.14. The Morgan fingerprint density at radius 1 is 0.686 bits per heavy atom. The number of carbonyl (C=O) groups is 11. The molecule has 15 N–H and O–H groups in total. The van der Waals surface area contributed by atoms with Gasteiger partial charge in [-0.25, -0.2) is 0 Å². The Bertz CT molecular complexity index is 2120. The summed E-state index contributed by atoms with van der Waals surface area (Å²) in [6, 6.07) is -3.23. The maximum Gasteiger partial charge on any atom is 0.303 e. The van der Waals surface area contributed by atoms with Crippen LogP contribution in [0.25, 0.3) is 0 Å². The molecular formula is C43H66N9O17P. The van der Waals surface area contributed by atoms with Crippen LogP contribution in [0.4, 0.5) is 0 Å². The minimum Gasteiger partial charge on any atom is -0.508 e. The molecule has 8 amide bonds. The van der Waals surface area contributed by atoms with Crippen LogP contribution in [-0.4, -0.2) is 156 Å². The highest BCUT2D eigenvalue weighted by molar-refractivity contribution is 7.58. The molecule has 26 nitrogen and oxygen atoms in total. The number of phenolic OH excluding ortho intramolecular Hbond substituents is 1. The van der Waals surface area contributed by atoms with Gasteiger partial charge in [-0.2, -0.15) is 0 Å². The van der Waals surface area contributed by atoms with E-state index in [0.717, 1.165) is 6.92 Å². The smallest absolute Gasteiger partial charge is 0.303 e. The van der Waals surface area contributed by atoms with Gasteiger partial charge in [0.05, 0.1) is 6.04 Å². The van der Waals surface area contributed by atoms with Crippen LogP contribution in [0.2, 0.25) is 0 Å². The topological polar surface area (TPSA) is 433 Å². The van der Waals surface area contributed by atoms with E-state index >= 15 is 0 Å². The van der Waals surface area contributed by atoms with Crippen molar-refractivity contribution >= 4 is 72.5 Å². The number of nitrogens with one attached hydrogen (secondary N) is 6. The summed E-state index contributed by atoms with van der Waals surface area (Å²) in [7, 11) is -4.53. The van der Waals surface area contributed by atoms with Gasteiger partial charge in [-0.05, 0) is 82.4 Å². The third-order valence-corrected chi connectivity index (χ3v) is 13.3. The number of likely N-dealkylation sites (tertiary alicyclic amines) is 1. The highest BCUT2D eigenvalue weighted by Crippen LogP contribution is 2.45. The lowest BCUT2D eigenvalue weighted by Crippen LogP contribution is -2.58. The van der Waals surface area contributed by atoms with Crippen molar-refractivity contribution in [2.75, 3.05) is 12.7 Å². The van der Waals surface area contributed by atoms with E-state index in [-0.39, 0.29) is 37.5 Å². The molecule has 0 spiro atoms. The lowest BCUT2D eigenvalue weighted by atomic mass is 10.0. The zero-order valence-electron chi connectivity index (χ0n) is 39.4. The van der Waals surface area contributed by atoms with E-state index in [0.29, 0.717) is 12.0 Å². The second kappa shape index (κ2) is 28.1. The van der Waals surface area contributed by atoms with Crippen molar-refractivity contribution in [3.63, 3.8) is 0 Å². The van der Waals surface area contributed by atoms with Crippen molar-refractivity contribution in [2.24, 2.45) is 17.4 Å². The van der Waals surface area contributed by atoms with Crippen molar-refractivity contribution in [1.82, 2.24) is 36.8 Å². The van der Waals surface area contributed by atoms with Crippen LogP contribution in [0.1, 0.15) is 97.5 Å². The van der Waals surface area contributed by atoms with Crippen molar-refractivity contribution in [1.29, 1.82) is 0 Å². The molecule has 1 fully saturated rings. The summed E-state index contributed by atoms with van der Waals surface area (Å²) < 4.78 is 13.4. The number of benzene rings is 1. The molecule has 0 aliphatic carbocycles. The first-order valence-corrected chi connectivity index (χ1v) is 24.4. The largest absolute Gasteiger partial charge is 0.508 e. The molecule has 0 bridgehead atoms. The molecule has 1 heterocycles. The predicted molar refractivity (Wildman–Crippen MR) is 246 cm³/mol. The van der Waals surface area contributed by atoms with Gasteiger partial charge in [0, 0.05) is 38.4 Å². The summed E-state index contributed by atoms with van der Waals surface area (Å²) >= 11 is 0. The molecule has 1 aromatic rings. The van der Waals surface area contributed by atoms with Crippen LogP contribution in [0, 0.1) is 5.92 Å². The Labute approximate surface area is 403 Å². The standard InChI is InChI=1S/C43H66N9O17P/c1-22(2)20-31(51-38(62)23(3)46-39(63)27(44)21-25-7-9-26(53)10-8-25)43(67)52-18-5-6-32(52)42(66)50-30(13-16-36(59)60)40(64)47-24(4)70(68,69)19-17-33(54)48-29(12-15-35(57)58)41(65)49-28(37(45)61)11-14-34(55)56/h7-10,22-24,27-32,53H,5-6,11-21,44H2,1-4H3,(H2,45,61)(H,46,63)(H,47,64)(H,48,54)(H,49,65)(H,50,66)(H,51,62)(H,55,56)(H,57,58)(H,59,60)(H,68,69)/t23-,24-,27-,28-,29-,30-,31-,32-/m0/s1. The quantitative estimate of drug-likeness (QED) is 0.0369. The lowest BCUT2D eigenvalue weighted by Gasteiger charge is -2.31. The first kappa shape index (κ1) is 59.5. The highest BCUT2D eigenvalue weighted by atomic mass is 31.2. The number of nitrogens with zero attached hydrogens (tertiary/aromatic N) is 1. The van der Waals surface area contributed by atoms with Crippen LogP contribution >= 0.6 is 7.37 Å². The summed E-state index contributed by atoms with van der Waals surface area (Å²) in [5, 5.41) is 51.2. The van der Waals surface area contributed by atoms with Gasteiger partial charge in [-0.15, -0.1) is 0 Å². The van der Waals surface area contributed by atoms with E-state index in [1.807, 2.05) is 0 Å². The molecular weight excluding hydrogens is 945 g/mol. The van der Waals surface area contributed by atoms with Gasteiger partial charge in [0.15, 0.2) is 0 Å². The third-order valence-electron chi connectivity index (χ3n) is 11.1. The molecule has 390 valence electrons. The minimum absolute atomic E-state index is 0.0296. The number of primary amides is 1. The zero-order chi connectivity index (χ0) is 53.0. The number of rotatable bonds is 30. The molecule has 1 unspecified atom stereocenters. The van der Waals surface area contributed by atoms with Crippen LogP contribution in [0.15, 0.2) is 24.3 Å². The van der Waals surface area contributed by atoms with Crippen LogP contribution in [0.5, 0.6) is 5.75 Å². The van der Waals surface area contributed by atoms with Crippen LogP contribution < -0.4 is 43.4 Å². The normalized spacial score (nSPS) is 17.2. The summed E-state index contributed by atoms with van der Waals surface area (Å²) in [5.41, 5.74) is 12.0. The van der Waals surface area contributed by atoms with E-state index in [1.165, 1.54) is 24.0 Å². The molecule has 70 heavy (non-hydrogen) atoms. The Kier molecular flexibility index (Phi) is 23.9. The molecule has 0 aromatic heterocycles. The summed E-state index contributed by atoms with van der Waals surface area (Å²) in [4.78, 5) is 151. The molecule has 1 aromatic carbocycles. The first-order valence-electron chi connectivity index (χ1n) is 22.5. The van der Waals surface area contributed by atoms with E-state index < -0.39 is 172 Å². The fourth-order valence-corrected chi connectivity index (χ4v) is 8.39. The second-order valence-electron chi connectivity index (χ2n) is 17.4. The minimum atomic E-state index is -4.53. The number of hydrogen-bond donors (Lipinski definition) is 13. The number of amides is 8. The number of aliphatic carboxylic acids is 3. The molecule has 1 saturated heterocycles. The van der Waals surface area contributed by atoms with Gasteiger partial charge in [-0.1, -0.05) is 26.0 Å². The van der Waals surface area contributed by atoms with Crippen LogP contribution in [-0.2, 0) is 63.7 Å². The van der Waals surface area contributed by atoms with Gasteiger partial charge in [0.1, 0.15) is 47.8 Å². The van der Waals surface area contributed by atoms with Crippen molar-refractivity contribution in [2.45, 2.75) is 146 Å². The molecule has 2 rings (SSSR count). The SMILES string of the molecule is CC(C)C[C@H](NC(=O)[C@H](C)NC(=O)[C@@H](N)Cc1ccc(O)cc1)C(=O)N1CCC[C@H]1C(=O)N[C@@H](CCC(=O)O)C(=O)N[C@H](C)P(=O)(O)CCC(=O)N[C@@H](CCC(=O)O)C(=O)N[C@@H](CCC(=O)O)C(N)=O. The number of aromatic hydroxyl groups is 1. The van der Waals surface area contributed by atoms with Crippen molar-refractivity contribution in [3.05, 3.63) is 29.8 Å². The highest BCUT2D eigenvalue weighted by Gasteiger charge is 2.40. The van der Waals surface area contributed by atoms with Gasteiger partial charge in [0.25, 0.3) is 0 Å². The molecule has 1 aliphatic rings. The number of nitrogens with two attached hydrogens (primary N) is 2. The molecule has 0 radical (unpaired) electrons. The zero-order valence-corrected chi connectivity index (χ0v) is 40.3. The van der Waals surface area contributed by atoms with Gasteiger partial charge in [-0.3, -0.25) is 57.3 Å². The van der Waals surface area contributed by atoms with Crippen molar-refractivity contribution in [3.8, 4) is 5.75 Å². The first-order chi connectivity index (χ1) is 32.6. The van der Waals surface area contributed by atoms with Crippen molar-refractivity contribution < 1.29 is 82.6 Å². The monoisotopic (exact) mass is 1010 g/mol. The Morgan fingerprint density at radius 3 is 1.73 bits per heavy atom. The number of carbonyl (C=O) groups excluding carboxylic acids is 8. The third kappa shape index (κ3) is 20.5. The fraction of sp³-hybridized carbons (Fsp3) is 0.605. The number of carboxylic acid groups (broad SMARTS) is 3. The average Bonchev–Trinajstić information content (AvgIpc) is 3.77. The average molecular weight is 1010 g/mol. The van der Waals surface area contributed by atoms with E-state index in [1.54, 1.807) is 26.0 Å². The Hall–Kier alpha value is -6.66. The predicted octanol–water partition coefficient (Wildman–Crippen LogP) is -2.05. The van der Waals surface area contributed by atoms with Gasteiger partial charge >= 0.3 is 17.9 Å². The van der Waals surface area contributed by atoms with Crippen LogP contribution in [0.3, 0.4) is 0 Å². The van der Waals surface area contributed by atoms with E-state index in [9.17, 15) is 72.4 Å². The number of phenols is 1. The lowest BCUT2D eigenvalue weighted by molar-refractivity contribution is -0.143. The summed E-state index contributed by atoms with van der Waals surface area (Å²) in [6.07, 6.45) is -4.19.